The van der Waals surface area contributed by atoms with E-state index in [1.54, 1.807) is 0 Å². The van der Waals surface area contributed by atoms with Crippen molar-refractivity contribution < 1.29 is 4.79 Å². The lowest BCUT2D eigenvalue weighted by Gasteiger charge is -2.19. The van der Waals surface area contributed by atoms with Crippen LogP contribution in [0.15, 0.2) is 30.5 Å². The molecule has 3 rings (SSSR count). The highest BCUT2D eigenvalue weighted by Crippen LogP contribution is 2.27. The second kappa shape index (κ2) is 6.54. The number of rotatable bonds is 4. The van der Waals surface area contributed by atoms with E-state index < -0.39 is 0 Å². The molecule has 1 fully saturated rings. The highest BCUT2D eigenvalue weighted by molar-refractivity contribution is 5.95. The van der Waals surface area contributed by atoms with Crippen LogP contribution in [0.3, 0.4) is 0 Å². The van der Waals surface area contributed by atoms with E-state index in [4.69, 9.17) is 0 Å². The van der Waals surface area contributed by atoms with Gasteiger partial charge in [0.1, 0.15) is 0 Å². The average molecular weight is 340 g/mol. The molecule has 1 aliphatic rings. The van der Waals surface area contributed by atoms with Gasteiger partial charge in [-0.1, -0.05) is 0 Å². The number of carbonyl (C=O) groups is 1. The molecule has 0 bridgehead atoms. The summed E-state index contributed by atoms with van der Waals surface area (Å²) in [4.78, 5) is 13.7. The minimum Gasteiger partial charge on any atom is -0.378 e. The molecule has 1 N–H and O–H groups in total. The van der Waals surface area contributed by atoms with Crippen LogP contribution in [0.25, 0.3) is 0 Å². The van der Waals surface area contributed by atoms with E-state index >= 15 is 0 Å². The summed E-state index contributed by atoms with van der Waals surface area (Å²) in [6.07, 6.45) is 3.74. The van der Waals surface area contributed by atoms with Crippen molar-refractivity contribution in [3.63, 3.8) is 0 Å². The first-order valence-corrected chi connectivity index (χ1v) is 8.99. The van der Waals surface area contributed by atoms with Crippen molar-refractivity contribution in [1.82, 2.24) is 9.78 Å². The molecule has 1 aromatic heterocycles. The van der Waals surface area contributed by atoms with E-state index in [-0.39, 0.29) is 17.5 Å². The zero-order valence-corrected chi connectivity index (χ0v) is 15.8. The molecule has 1 aromatic carbocycles. The van der Waals surface area contributed by atoms with Gasteiger partial charge in [-0.15, -0.1) is 0 Å². The van der Waals surface area contributed by atoms with Gasteiger partial charge in [-0.05, 0) is 65.3 Å². The van der Waals surface area contributed by atoms with Crippen LogP contribution in [0.1, 0.15) is 57.8 Å². The van der Waals surface area contributed by atoms with Gasteiger partial charge in [-0.3, -0.25) is 9.48 Å². The van der Waals surface area contributed by atoms with Gasteiger partial charge in [0.25, 0.3) is 0 Å². The Hall–Kier alpha value is -2.30. The van der Waals surface area contributed by atoms with Gasteiger partial charge in [0.05, 0.1) is 17.3 Å². The van der Waals surface area contributed by atoms with Crippen molar-refractivity contribution in [2.75, 3.05) is 16.8 Å². The first kappa shape index (κ1) is 17.5. The topological polar surface area (TPSA) is 50.2 Å². The number of hydrogen-bond donors (Lipinski definition) is 1. The van der Waals surface area contributed by atoms with Gasteiger partial charge < -0.3 is 10.2 Å². The average Bonchev–Trinajstić information content (AvgIpc) is 3.13. The smallest absolute Gasteiger partial charge is 0.227 e. The third-order valence-corrected chi connectivity index (χ3v) is 4.73. The van der Waals surface area contributed by atoms with Crippen molar-refractivity contribution in [2.24, 2.45) is 0 Å². The molecular weight excluding hydrogens is 312 g/mol. The summed E-state index contributed by atoms with van der Waals surface area (Å²) in [6, 6.07) is 8.28. The lowest BCUT2D eigenvalue weighted by atomic mass is 10.1. The van der Waals surface area contributed by atoms with Crippen LogP contribution >= 0.6 is 0 Å². The number of benzene rings is 1. The van der Waals surface area contributed by atoms with Gasteiger partial charge in [-0.2, -0.15) is 5.10 Å². The van der Waals surface area contributed by atoms with Crippen LogP contribution in [0.5, 0.6) is 0 Å². The monoisotopic (exact) mass is 340 g/mol. The molecule has 5 nitrogen and oxygen atoms in total. The molecule has 0 radical (unpaired) electrons. The van der Waals surface area contributed by atoms with Crippen molar-refractivity contribution in [1.29, 1.82) is 0 Å². The van der Waals surface area contributed by atoms with Gasteiger partial charge in [0, 0.05) is 36.1 Å². The molecule has 1 saturated heterocycles. The molecule has 1 atom stereocenters. The third kappa shape index (κ3) is 3.70. The Balaban J connectivity index is 1.72. The Bertz CT molecular complexity index is 755. The van der Waals surface area contributed by atoms with E-state index in [1.165, 1.54) is 5.56 Å². The molecule has 2 heterocycles. The second-order valence-electron chi connectivity index (χ2n) is 7.85. The summed E-state index contributed by atoms with van der Waals surface area (Å²) in [5, 5.41) is 8.19. The molecule has 1 aliphatic heterocycles. The summed E-state index contributed by atoms with van der Waals surface area (Å²) < 4.78 is 2.03. The van der Waals surface area contributed by atoms with Gasteiger partial charge >= 0.3 is 0 Å². The van der Waals surface area contributed by atoms with Gasteiger partial charge in [0.15, 0.2) is 0 Å². The van der Waals surface area contributed by atoms with E-state index in [0.29, 0.717) is 6.42 Å². The predicted molar refractivity (Wildman–Crippen MR) is 102 cm³/mol. The van der Waals surface area contributed by atoms with E-state index in [0.717, 1.165) is 30.0 Å². The molecule has 1 amide bonds. The van der Waals surface area contributed by atoms with Crippen LogP contribution in [-0.2, 0) is 10.3 Å². The third-order valence-electron chi connectivity index (χ3n) is 4.73. The molecular formula is C20H28N4O. The van der Waals surface area contributed by atoms with Crippen LogP contribution in [-0.4, -0.2) is 22.2 Å². The Morgan fingerprint density at radius 3 is 2.40 bits per heavy atom. The molecule has 5 heteroatoms. The molecule has 2 aromatic rings. The molecule has 0 saturated carbocycles. The van der Waals surface area contributed by atoms with Gasteiger partial charge in [0.2, 0.25) is 5.91 Å². The lowest BCUT2D eigenvalue weighted by molar-refractivity contribution is -0.117. The minimum absolute atomic E-state index is 0.0212. The summed E-state index contributed by atoms with van der Waals surface area (Å²) in [7, 11) is 0. The van der Waals surface area contributed by atoms with Crippen molar-refractivity contribution in [3.8, 4) is 0 Å². The Labute approximate surface area is 150 Å². The second-order valence-corrected chi connectivity index (χ2v) is 7.85. The first-order chi connectivity index (χ1) is 11.8. The number of aryl methyl sites for hydroxylation is 1. The van der Waals surface area contributed by atoms with Crippen LogP contribution in [0.2, 0.25) is 0 Å². The normalized spacial score (nSPS) is 16.4. The number of nitrogens with one attached hydrogen (secondary N) is 1. The summed E-state index contributed by atoms with van der Waals surface area (Å²) in [5.74, 6) is 0.222. The SMILES string of the molecule is Cc1nn(C(C)(C)C)cc1C(C)Nc1ccc(N2CCCC2=O)cc1. The maximum atomic E-state index is 11.8. The van der Waals surface area contributed by atoms with Crippen molar-refractivity contribution in [3.05, 3.63) is 41.7 Å². The summed E-state index contributed by atoms with van der Waals surface area (Å²) in [5.41, 5.74) is 4.26. The number of amides is 1. The zero-order chi connectivity index (χ0) is 18.2. The highest BCUT2D eigenvalue weighted by atomic mass is 16.2. The molecule has 0 aliphatic carbocycles. The lowest BCUT2D eigenvalue weighted by Crippen LogP contribution is -2.23. The Kier molecular flexibility index (Phi) is 4.58. The maximum Gasteiger partial charge on any atom is 0.227 e. The number of hydrogen-bond acceptors (Lipinski definition) is 3. The Morgan fingerprint density at radius 1 is 1.20 bits per heavy atom. The number of anilines is 2. The summed E-state index contributed by atoms with van der Waals surface area (Å²) in [6.45, 7) is 11.5. The molecule has 134 valence electrons. The van der Waals surface area contributed by atoms with Crippen molar-refractivity contribution in [2.45, 2.75) is 59.0 Å². The minimum atomic E-state index is -0.0212. The largest absolute Gasteiger partial charge is 0.378 e. The fourth-order valence-electron chi connectivity index (χ4n) is 3.23. The fraction of sp³-hybridized carbons (Fsp3) is 0.500. The number of aromatic nitrogens is 2. The van der Waals surface area contributed by atoms with Gasteiger partial charge in [-0.25, -0.2) is 0 Å². The van der Waals surface area contributed by atoms with E-state index in [9.17, 15) is 4.79 Å². The van der Waals surface area contributed by atoms with E-state index in [1.807, 2.05) is 33.8 Å². The fourth-order valence-corrected chi connectivity index (χ4v) is 3.23. The highest BCUT2D eigenvalue weighted by Gasteiger charge is 2.22. The molecule has 0 spiro atoms. The first-order valence-electron chi connectivity index (χ1n) is 8.99. The summed E-state index contributed by atoms with van der Waals surface area (Å²) >= 11 is 0. The molecule has 1 unspecified atom stereocenters. The van der Waals surface area contributed by atoms with Crippen molar-refractivity contribution >= 4 is 17.3 Å². The standard InChI is InChI=1S/C20H28N4O/c1-14(18-13-24(20(3,4)5)22-15(18)2)21-16-8-10-17(11-9-16)23-12-6-7-19(23)25/h8-11,13-14,21H,6-7,12H2,1-5H3. The molecule has 25 heavy (non-hydrogen) atoms. The Morgan fingerprint density at radius 2 is 1.88 bits per heavy atom. The quantitative estimate of drug-likeness (QED) is 0.905. The van der Waals surface area contributed by atoms with Crippen LogP contribution in [0.4, 0.5) is 11.4 Å². The van der Waals surface area contributed by atoms with E-state index in [2.05, 4.69) is 51.2 Å². The number of nitrogens with zero attached hydrogens (tertiary/aromatic N) is 3. The zero-order valence-electron chi connectivity index (χ0n) is 15.8. The number of carbonyl (C=O) groups excluding carboxylic acids is 1. The van der Waals surface area contributed by atoms with Crippen LogP contribution < -0.4 is 10.2 Å². The predicted octanol–water partition coefficient (Wildman–Crippen LogP) is 4.25. The maximum absolute atomic E-state index is 11.8. The van der Waals surface area contributed by atoms with Crippen LogP contribution in [0, 0.1) is 6.92 Å².